The van der Waals surface area contributed by atoms with Gasteiger partial charge in [0.15, 0.2) is 5.96 Å². The van der Waals surface area contributed by atoms with Crippen molar-refractivity contribution in [1.29, 1.82) is 0 Å². The smallest absolute Gasteiger partial charge is 0.401 e. The monoisotopic (exact) mass is 512 g/mol. The van der Waals surface area contributed by atoms with E-state index in [1.807, 2.05) is 24.3 Å². The highest BCUT2D eigenvalue weighted by molar-refractivity contribution is 14.0. The Morgan fingerprint density at radius 3 is 2.68 bits per heavy atom. The number of benzene rings is 1. The fourth-order valence-corrected chi connectivity index (χ4v) is 3.20. The van der Waals surface area contributed by atoms with Crippen LogP contribution in [0.1, 0.15) is 24.8 Å². The van der Waals surface area contributed by atoms with Gasteiger partial charge in [0.25, 0.3) is 0 Å². The molecule has 1 atom stereocenters. The second-order valence-electron chi connectivity index (χ2n) is 7.27. The molecule has 1 aromatic carbocycles. The Kier molecular flexibility index (Phi) is 8.66. The molecular formula is C19H28F3IN4O. The summed E-state index contributed by atoms with van der Waals surface area (Å²) in [7, 11) is 1.66. The van der Waals surface area contributed by atoms with E-state index in [0.717, 1.165) is 17.9 Å². The fraction of sp³-hybridized carbons (Fsp3) is 0.632. The highest BCUT2D eigenvalue weighted by atomic mass is 127. The van der Waals surface area contributed by atoms with E-state index in [9.17, 15) is 13.2 Å². The maximum atomic E-state index is 12.5. The molecule has 0 bridgehead atoms. The third kappa shape index (κ3) is 7.65. The topological polar surface area (TPSA) is 48.9 Å². The summed E-state index contributed by atoms with van der Waals surface area (Å²) in [4.78, 5) is 5.62. The predicted octanol–water partition coefficient (Wildman–Crippen LogP) is 3.40. The quantitative estimate of drug-likeness (QED) is 0.334. The van der Waals surface area contributed by atoms with Crippen LogP contribution in [0.5, 0.6) is 5.75 Å². The molecule has 1 saturated heterocycles. The molecule has 0 aromatic heterocycles. The Morgan fingerprint density at radius 2 is 2.00 bits per heavy atom. The van der Waals surface area contributed by atoms with E-state index in [1.165, 1.54) is 17.7 Å². The molecule has 9 heteroatoms. The number of guanidine groups is 1. The summed E-state index contributed by atoms with van der Waals surface area (Å²) in [6.07, 6.45) is -1.01. The third-order valence-electron chi connectivity index (χ3n) is 4.83. The van der Waals surface area contributed by atoms with Gasteiger partial charge in [-0.05, 0) is 31.2 Å². The molecule has 1 aromatic rings. The summed E-state index contributed by atoms with van der Waals surface area (Å²) < 4.78 is 43.5. The van der Waals surface area contributed by atoms with Gasteiger partial charge in [0, 0.05) is 38.3 Å². The van der Waals surface area contributed by atoms with E-state index < -0.39 is 12.7 Å². The van der Waals surface area contributed by atoms with Crippen LogP contribution in [0.15, 0.2) is 29.3 Å². The molecule has 5 nitrogen and oxygen atoms in total. The number of rotatable bonds is 7. The normalized spacial score (nSPS) is 20.6. The first kappa shape index (κ1) is 23.1. The number of nitrogens with zero attached hydrogens (tertiary/aromatic N) is 2. The van der Waals surface area contributed by atoms with Gasteiger partial charge in [0.05, 0.1) is 13.2 Å². The lowest BCUT2D eigenvalue weighted by molar-refractivity contribution is -0.143. The van der Waals surface area contributed by atoms with E-state index in [4.69, 9.17) is 4.74 Å². The van der Waals surface area contributed by atoms with Gasteiger partial charge in [0.1, 0.15) is 5.75 Å². The van der Waals surface area contributed by atoms with Crippen molar-refractivity contribution in [3.8, 4) is 5.75 Å². The fourth-order valence-electron chi connectivity index (χ4n) is 3.20. The van der Waals surface area contributed by atoms with Gasteiger partial charge in [-0.25, -0.2) is 0 Å². The highest BCUT2D eigenvalue weighted by Crippen LogP contribution is 2.30. The number of halogens is 4. The summed E-state index contributed by atoms with van der Waals surface area (Å²) in [5.41, 5.74) is 1.03. The van der Waals surface area contributed by atoms with Crippen LogP contribution in [0.2, 0.25) is 0 Å². The van der Waals surface area contributed by atoms with Crippen molar-refractivity contribution in [3.05, 3.63) is 29.8 Å². The third-order valence-corrected chi connectivity index (χ3v) is 4.83. The maximum absolute atomic E-state index is 12.5. The zero-order valence-corrected chi connectivity index (χ0v) is 18.3. The molecule has 0 radical (unpaired) electrons. The van der Waals surface area contributed by atoms with Gasteiger partial charge in [-0.15, -0.1) is 24.0 Å². The standard InChI is InChI=1S/C19H27F3N4O.HI/c1-23-18(25-16-8-9-26(11-16)13-19(20,21)22)24-10-15-4-2-3-5-17(15)27-12-14-6-7-14;/h2-5,14,16H,6-13H2,1H3,(H2,23,24,25);1H. The van der Waals surface area contributed by atoms with Gasteiger partial charge in [0.2, 0.25) is 0 Å². The molecule has 28 heavy (non-hydrogen) atoms. The number of likely N-dealkylation sites (tertiary alicyclic amines) is 1. The average molecular weight is 512 g/mol. The van der Waals surface area contributed by atoms with Crippen molar-refractivity contribution in [2.75, 3.05) is 33.3 Å². The van der Waals surface area contributed by atoms with Crippen LogP contribution in [-0.4, -0.2) is 56.4 Å². The first-order valence-electron chi connectivity index (χ1n) is 9.40. The number of hydrogen-bond donors (Lipinski definition) is 2. The van der Waals surface area contributed by atoms with E-state index >= 15 is 0 Å². The van der Waals surface area contributed by atoms with Crippen molar-refractivity contribution in [1.82, 2.24) is 15.5 Å². The van der Waals surface area contributed by atoms with Crippen molar-refractivity contribution in [2.45, 2.75) is 38.0 Å². The molecule has 1 heterocycles. The van der Waals surface area contributed by atoms with Crippen LogP contribution >= 0.6 is 24.0 Å². The average Bonchev–Trinajstić information content (AvgIpc) is 3.36. The Labute approximate surface area is 181 Å². The lowest BCUT2D eigenvalue weighted by Crippen LogP contribution is -2.44. The van der Waals surface area contributed by atoms with Gasteiger partial charge in [-0.2, -0.15) is 13.2 Å². The molecule has 1 unspecified atom stereocenters. The van der Waals surface area contributed by atoms with Crippen molar-refractivity contribution >= 4 is 29.9 Å². The van der Waals surface area contributed by atoms with Crippen molar-refractivity contribution < 1.29 is 17.9 Å². The highest BCUT2D eigenvalue weighted by Gasteiger charge is 2.34. The Balaban J connectivity index is 0.00000280. The van der Waals surface area contributed by atoms with E-state index in [-0.39, 0.29) is 30.0 Å². The lowest BCUT2D eigenvalue weighted by Gasteiger charge is -2.20. The van der Waals surface area contributed by atoms with Crippen LogP contribution in [0.25, 0.3) is 0 Å². The first-order chi connectivity index (χ1) is 12.9. The summed E-state index contributed by atoms with van der Waals surface area (Å²) in [5.74, 6) is 2.14. The Bertz CT molecular complexity index is 652. The second-order valence-corrected chi connectivity index (χ2v) is 7.27. The Hall–Kier alpha value is -1.23. The minimum Gasteiger partial charge on any atom is -0.493 e. The summed E-state index contributed by atoms with van der Waals surface area (Å²) in [5, 5.41) is 6.46. The van der Waals surface area contributed by atoms with Crippen molar-refractivity contribution in [3.63, 3.8) is 0 Å². The van der Waals surface area contributed by atoms with E-state index in [2.05, 4.69) is 15.6 Å². The molecule has 1 aliphatic carbocycles. The van der Waals surface area contributed by atoms with Gasteiger partial charge in [-0.1, -0.05) is 18.2 Å². The van der Waals surface area contributed by atoms with E-state index in [0.29, 0.717) is 37.9 Å². The first-order valence-corrected chi connectivity index (χ1v) is 9.40. The largest absolute Gasteiger partial charge is 0.493 e. The predicted molar refractivity (Wildman–Crippen MR) is 114 cm³/mol. The number of nitrogens with one attached hydrogen (secondary N) is 2. The maximum Gasteiger partial charge on any atom is 0.401 e. The minimum atomic E-state index is -4.15. The lowest BCUT2D eigenvalue weighted by atomic mass is 10.2. The zero-order chi connectivity index (χ0) is 19.3. The van der Waals surface area contributed by atoms with Crippen LogP contribution < -0.4 is 15.4 Å². The van der Waals surface area contributed by atoms with Crippen molar-refractivity contribution in [2.24, 2.45) is 10.9 Å². The van der Waals surface area contributed by atoms with Crippen LogP contribution in [0, 0.1) is 5.92 Å². The molecule has 2 N–H and O–H groups in total. The molecule has 2 fully saturated rings. The molecule has 0 spiro atoms. The minimum absolute atomic E-state index is 0. The molecule has 1 saturated carbocycles. The number of alkyl halides is 3. The molecular weight excluding hydrogens is 484 g/mol. The SMILES string of the molecule is CN=C(NCc1ccccc1OCC1CC1)NC1CCN(CC(F)(F)F)C1.I. The second kappa shape index (κ2) is 10.5. The molecule has 3 rings (SSSR count). The number of aliphatic imine (C=N–C) groups is 1. The molecule has 1 aliphatic heterocycles. The number of hydrogen-bond acceptors (Lipinski definition) is 3. The summed E-state index contributed by atoms with van der Waals surface area (Å²) in [6, 6.07) is 7.83. The molecule has 0 amide bonds. The van der Waals surface area contributed by atoms with Crippen LogP contribution in [0.4, 0.5) is 13.2 Å². The molecule has 158 valence electrons. The van der Waals surface area contributed by atoms with Crippen LogP contribution in [-0.2, 0) is 6.54 Å². The molecule has 2 aliphatic rings. The van der Waals surface area contributed by atoms with Gasteiger partial charge in [-0.3, -0.25) is 9.89 Å². The number of para-hydroxylation sites is 1. The number of ether oxygens (including phenoxy) is 1. The summed E-state index contributed by atoms with van der Waals surface area (Å²) in [6.45, 7) is 1.23. The van der Waals surface area contributed by atoms with E-state index in [1.54, 1.807) is 7.05 Å². The zero-order valence-electron chi connectivity index (χ0n) is 16.0. The van der Waals surface area contributed by atoms with Gasteiger partial charge < -0.3 is 15.4 Å². The Morgan fingerprint density at radius 1 is 1.25 bits per heavy atom. The van der Waals surface area contributed by atoms with Crippen LogP contribution in [0.3, 0.4) is 0 Å². The summed E-state index contributed by atoms with van der Waals surface area (Å²) >= 11 is 0. The van der Waals surface area contributed by atoms with Gasteiger partial charge >= 0.3 is 6.18 Å².